The lowest BCUT2D eigenvalue weighted by atomic mass is 10.1. The number of rotatable bonds is 4. The number of unbranched alkanes of at least 4 members (excludes halogenated alkanes) is 1. The maximum atomic E-state index is 8.99. The molecule has 10 heavy (non-hydrogen) atoms. The van der Waals surface area contributed by atoms with Crippen molar-refractivity contribution in [3.8, 4) is 11.8 Å². The van der Waals surface area contributed by atoms with Gasteiger partial charge in [-0.2, -0.15) is 0 Å². The number of aliphatic hydroxyl groups is 1. The molecule has 0 saturated heterocycles. The summed E-state index contributed by atoms with van der Waals surface area (Å²) in [4.78, 5) is 0. The van der Waals surface area contributed by atoms with Crippen LogP contribution in [-0.2, 0) is 0 Å². The molecule has 1 nitrogen and oxygen atoms in total. The Morgan fingerprint density at radius 3 is 2.90 bits per heavy atom. The Morgan fingerprint density at radius 2 is 2.40 bits per heavy atom. The second kappa shape index (κ2) is 6.38. The van der Waals surface area contributed by atoms with E-state index in [1.54, 1.807) is 6.08 Å². The summed E-state index contributed by atoms with van der Waals surface area (Å²) in [6, 6.07) is 0. The van der Waals surface area contributed by atoms with Crippen molar-refractivity contribution in [2.24, 2.45) is 0 Å². The van der Waals surface area contributed by atoms with Crippen molar-refractivity contribution in [1.29, 1.82) is 0 Å². The summed E-state index contributed by atoms with van der Waals surface area (Å²) in [6.45, 7) is 5.30. The van der Waals surface area contributed by atoms with Crippen molar-refractivity contribution in [3.05, 3.63) is 12.7 Å². The Bertz CT molecular complexity index is 139. The molecule has 1 atom stereocenters. The molecule has 56 valence electrons. The van der Waals surface area contributed by atoms with Gasteiger partial charge in [0.05, 0.1) is 6.10 Å². The topological polar surface area (TPSA) is 20.2 Å². The molecule has 0 saturated carbocycles. The van der Waals surface area contributed by atoms with E-state index in [-0.39, 0.29) is 6.10 Å². The quantitative estimate of drug-likeness (QED) is 0.356. The van der Waals surface area contributed by atoms with Gasteiger partial charge in [-0.25, -0.2) is 0 Å². The third kappa shape index (κ3) is 5.40. The molecule has 1 N–H and O–H groups in total. The van der Waals surface area contributed by atoms with Gasteiger partial charge in [0.2, 0.25) is 0 Å². The Balaban J connectivity index is 3.16. The first-order valence-electron chi connectivity index (χ1n) is 3.51. The molecule has 0 aliphatic carbocycles. The van der Waals surface area contributed by atoms with E-state index in [2.05, 4.69) is 18.4 Å². The van der Waals surface area contributed by atoms with Crippen molar-refractivity contribution in [2.45, 2.75) is 32.3 Å². The van der Waals surface area contributed by atoms with E-state index in [0.29, 0.717) is 0 Å². The fourth-order valence-corrected chi connectivity index (χ4v) is 0.642. The predicted octanol–water partition coefficient (Wildman–Crippen LogP) is 1.73. The molecule has 0 aromatic carbocycles. The van der Waals surface area contributed by atoms with Crippen LogP contribution >= 0.6 is 0 Å². The molecule has 1 unspecified atom stereocenters. The smallest absolute Gasteiger partial charge is 0.0718 e. The van der Waals surface area contributed by atoms with Crippen LogP contribution in [0, 0.1) is 11.8 Å². The van der Waals surface area contributed by atoms with Crippen molar-refractivity contribution in [2.75, 3.05) is 0 Å². The summed E-state index contributed by atoms with van der Waals surface area (Å²) >= 11 is 0. The minimum Gasteiger partial charge on any atom is -0.389 e. The molecule has 0 amide bonds. The van der Waals surface area contributed by atoms with E-state index < -0.39 is 0 Å². The maximum absolute atomic E-state index is 8.99. The van der Waals surface area contributed by atoms with Crippen LogP contribution in [0.2, 0.25) is 0 Å². The second-order valence-corrected chi connectivity index (χ2v) is 2.12. The normalized spacial score (nSPS) is 11.4. The van der Waals surface area contributed by atoms with Gasteiger partial charge in [0, 0.05) is 6.42 Å². The summed E-state index contributed by atoms with van der Waals surface area (Å²) in [5.74, 6) is 5.73. The van der Waals surface area contributed by atoms with Gasteiger partial charge in [0.15, 0.2) is 0 Å². The van der Waals surface area contributed by atoms with Crippen LogP contribution in [0.25, 0.3) is 0 Å². The summed E-state index contributed by atoms with van der Waals surface area (Å²) in [5, 5.41) is 8.99. The first-order valence-corrected chi connectivity index (χ1v) is 3.51. The molecule has 0 spiro atoms. The van der Waals surface area contributed by atoms with Crippen molar-refractivity contribution in [3.63, 3.8) is 0 Å². The van der Waals surface area contributed by atoms with Gasteiger partial charge >= 0.3 is 0 Å². The highest BCUT2D eigenvalue weighted by molar-refractivity contribution is 4.94. The Labute approximate surface area is 62.8 Å². The average molecular weight is 138 g/mol. The second-order valence-electron chi connectivity index (χ2n) is 2.12. The minimum atomic E-state index is -0.348. The lowest BCUT2D eigenvalue weighted by molar-refractivity contribution is 0.210. The number of hydrogen-bond donors (Lipinski definition) is 1. The zero-order valence-electron chi connectivity index (χ0n) is 6.43. The van der Waals surface area contributed by atoms with E-state index in [1.165, 1.54) is 0 Å². The summed E-state index contributed by atoms with van der Waals surface area (Å²) in [6.07, 6.45) is 3.81. The van der Waals surface area contributed by atoms with Crippen LogP contribution in [0.1, 0.15) is 26.2 Å². The van der Waals surface area contributed by atoms with Crippen LogP contribution in [0.5, 0.6) is 0 Å². The predicted molar refractivity (Wildman–Crippen MR) is 43.5 cm³/mol. The van der Waals surface area contributed by atoms with E-state index in [9.17, 15) is 0 Å². The van der Waals surface area contributed by atoms with Gasteiger partial charge in [-0.05, 0) is 19.8 Å². The molecule has 0 bridgehead atoms. The Morgan fingerprint density at radius 1 is 1.70 bits per heavy atom. The number of hydrogen-bond acceptors (Lipinski definition) is 1. The minimum absolute atomic E-state index is 0.348. The molecule has 0 heterocycles. The standard InChI is InChI=1S/C9H14O/c1-3-5-6-7-8-9(10)4-2/h4,9-10H,2,6-8H2,1H3. The Hall–Kier alpha value is -0.740. The molecule has 0 radical (unpaired) electrons. The first kappa shape index (κ1) is 9.26. The fraction of sp³-hybridized carbons (Fsp3) is 0.556. The molecule has 0 rings (SSSR count). The van der Waals surface area contributed by atoms with Gasteiger partial charge in [-0.1, -0.05) is 6.08 Å². The van der Waals surface area contributed by atoms with E-state index >= 15 is 0 Å². The summed E-state index contributed by atoms with van der Waals surface area (Å²) in [7, 11) is 0. The van der Waals surface area contributed by atoms with Crippen molar-refractivity contribution < 1.29 is 5.11 Å². The first-order chi connectivity index (χ1) is 4.81. The zero-order chi connectivity index (χ0) is 7.82. The van der Waals surface area contributed by atoms with E-state index in [4.69, 9.17) is 5.11 Å². The molecule has 0 fully saturated rings. The third-order valence-corrected chi connectivity index (χ3v) is 1.25. The highest BCUT2D eigenvalue weighted by atomic mass is 16.3. The van der Waals surface area contributed by atoms with Crippen LogP contribution < -0.4 is 0 Å². The van der Waals surface area contributed by atoms with Crippen molar-refractivity contribution in [1.82, 2.24) is 0 Å². The largest absolute Gasteiger partial charge is 0.389 e. The summed E-state index contributed by atoms with van der Waals surface area (Å²) < 4.78 is 0. The molecular formula is C9H14O. The SMILES string of the molecule is C=CC(O)CCCC#CC. The van der Waals surface area contributed by atoms with Crippen molar-refractivity contribution >= 4 is 0 Å². The van der Waals surface area contributed by atoms with Crippen LogP contribution in [-0.4, -0.2) is 11.2 Å². The lowest BCUT2D eigenvalue weighted by Gasteiger charge is -2.00. The van der Waals surface area contributed by atoms with Crippen LogP contribution in [0.15, 0.2) is 12.7 Å². The van der Waals surface area contributed by atoms with Gasteiger partial charge in [-0.3, -0.25) is 0 Å². The van der Waals surface area contributed by atoms with E-state index in [1.807, 2.05) is 6.92 Å². The molecule has 0 aromatic rings. The molecule has 0 aliphatic rings. The molecular weight excluding hydrogens is 124 g/mol. The average Bonchev–Trinajstić information content (AvgIpc) is 1.98. The highest BCUT2D eigenvalue weighted by Crippen LogP contribution is 1.99. The molecule has 1 heteroatoms. The fourth-order valence-electron chi connectivity index (χ4n) is 0.642. The van der Waals surface area contributed by atoms with Gasteiger partial charge in [0.1, 0.15) is 0 Å². The molecule has 0 aliphatic heterocycles. The maximum Gasteiger partial charge on any atom is 0.0718 e. The Kier molecular flexibility index (Phi) is 5.91. The highest BCUT2D eigenvalue weighted by Gasteiger charge is 1.94. The third-order valence-electron chi connectivity index (χ3n) is 1.25. The van der Waals surface area contributed by atoms with Gasteiger partial charge in [-0.15, -0.1) is 18.4 Å². The zero-order valence-corrected chi connectivity index (χ0v) is 6.43. The lowest BCUT2D eigenvalue weighted by Crippen LogP contribution is -1.99. The van der Waals surface area contributed by atoms with Crippen LogP contribution in [0.4, 0.5) is 0 Å². The van der Waals surface area contributed by atoms with Gasteiger partial charge < -0.3 is 5.11 Å². The number of aliphatic hydroxyl groups excluding tert-OH is 1. The molecule has 0 aromatic heterocycles. The monoisotopic (exact) mass is 138 g/mol. The van der Waals surface area contributed by atoms with E-state index in [0.717, 1.165) is 19.3 Å². The van der Waals surface area contributed by atoms with Crippen LogP contribution in [0.3, 0.4) is 0 Å². The summed E-state index contributed by atoms with van der Waals surface area (Å²) in [5.41, 5.74) is 0. The van der Waals surface area contributed by atoms with Gasteiger partial charge in [0.25, 0.3) is 0 Å².